The van der Waals surface area contributed by atoms with Crippen molar-refractivity contribution in [3.05, 3.63) is 0 Å². The number of carboxylic acids is 1. The van der Waals surface area contributed by atoms with Crippen molar-refractivity contribution in [2.45, 2.75) is 39.2 Å². The molecule has 0 radical (unpaired) electrons. The molecular formula is C10H20N2O3. The van der Waals surface area contributed by atoms with Crippen LogP contribution in [0.1, 0.15) is 33.6 Å². The number of nitrogens with one attached hydrogen (secondary N) is 1. The summed E-state index contributed by atoms with van der Waals surface area (Å²) in [5.41, 5.74) is -1.22. The van der Waals surface area contributed by atoms with Crippen LogP contribution in [-0.4, -0.2) is 41.1 Å². The highest BCUT2D eigenvalue weighted by Crippen LogP contribution is 2.03. The van der Waals surface area contributed by atoms with Gasteiger partial charge in [-0.3, -0.25) is 0 Å². The van der Waals surface area contributed by atoms with E-state index < -0.39 is 11.5 Å². The van der Waals surface area contributed by atoms with Gasteiger partial charge >= 0.3 is 12.0 Å². The molecule has 0 saturated heterocycles. The van der Waals surface area contributed by atoms with Crippen molar-refractivity contribution in [3.8, 4) is 0 Å². The number of hydrogen-bond donors (Lipinski definition) is 2. The van der Waals surface area contributed by atoms with E-state index in [-0.39, 0.29) is 6.03 Å². The molecule has 0 aliphatic carbocycles. The van der Waals surface area contributed by atoms with Gasteiger partial charge in [-0.1, -0.05) is 13.3 Å². The molecule has 15 heavy (non-hydrogen) atoms. The Morgan fingerprint density at radius 3 is 2.33 bits per heavy atom. The van der Waals surface area contributed by atoms with E-state index in [1.807, 2.05) is 6.92 Å². The number of urea groups is 1. The van der Waals surface area contributed by atoms with Gasteiger partial charge in [0.15, 0.2) is 0 Å². The van der Waals surface area contributed by atoms with Crippen LogP contribution < -0.4 is 5.32 Å². The van der Waals surface area contributed by atoms with Gasteiger partial charge in [0.05, 0.1) is 0 Å². The number of carboxylic acid groups (broad SMARTS) is 1. The summed E-state index contributed by atoms with van der Waals surface area (Å²) in [6.45, 7) is 5.59. The summed E-state index contributed by atoms with van der Waals surface area (Å²) in [4.78, 5) is 23.8. The molecule has 0 spiro atoms. The Bertz CT molecular complexity index is 239. The first-order valence-corrected chi connectivity index (χ1v) is 5.08. The Kier molecular flexibility index (Phi) is 5.11. The number of carbonyl (C=O) groups excluding carboxylic acids is 1. The van der Waals surface area contributed by atoms with Gasteiger partial charge < -0.3 is 15.3 Å². The van der Waals surface area contributed by atoms with Crippen LogP contribution in [0.5, 0.6) is 0 Å². The van der Waals surface area contributed by atoms with E-state index in [0.29, 0.717) is 6.54 Å². The maximum absolute atomic E-state index is 11.5. The van der Waals surface area contributed by atoms with Gasteiger partial charge in [0.2, 0.25) is 0 Å². The lowest BCUT2D eigenvalue weighted by molar-refractivity contribution is -0.143. The summed E-state index contributed by atoms with van der Waals surface area (Å²) in [5, 5.41) is 11.3. The molecule has 0 aromatic heterocycles. The summed E-state index contributed by atoms with van der Waals surface area (Å²) in [7, 11) is 1.66. The molecule has 0 bridgehead atoms. The lowest BCUT2D eigenvalue weighted by atomic mass is 10.1. The van der Waals surface area contributed by atoms with Crippen molar-refractivity contribution in [3.63, 3.8) is 0 Å². The van der Waals surface area contributed by atoms with Crippen molar-refractivity contribution in [2.75, 3.05) is 13.6 Å². The molecular weight excluding hydrogens is 196 g/mol. The minimum atomic E-state index is -1.22. The minimum absolute atomic E-state index is 0.351. The Labute approximate surface area is 90.5 Å². The molecule has 0 aliphatic rings. The van der Waals surface area contributed by atoms with Crippen LogP contribution in [0.4, 0.5) is 4.79 Å². The summed E-state index contributed by atoms with van der Waals surface area (Å²) in [6.07, 6.45) is 1.91. The molecule has 0 heterocycles. The van der Waals surface area contributed by atoms with Crippen molar-refractivity contribution in [2.24, 2.45) is 0 Å². The third-order valence-electron chi connectivity index (χ3n) is 2.15. The standard InChI is InChI=1S/C10H20N2O3/c1-5-6-7-12(4)9(15)11-10(2,3)8(13)14/h5-7H2,1-4H3,(H,11,15)(H,13,14). The van der Waals surface area contributed by atoms with E-state index in [1.165, 1.54) is 18.7 Å². The molecule has 0 atom stereocenters. The maximum Gasteiger partial charge on any atom is 0.328 e. The molecule has 0 rings (SSSR count). The molecule has 5 heteroatoms. The fourth-order valence-electron chi connectivity index (χ4n) is 0.913. The van der Waals surface area contributed by atoms with Gasteiger partial charge in [-0.25, -0.2) is 9.59 Å². The summed E-state index contributed by atoms with van der Waals surface area (Å²) in [6, 6.07) is -0.351. The number of aliphatic carboxylic acids is 1. The van der Waals surface area contributed by atoms with Crippen LogP contribution >= 0.6 is 0 Å². The van der Waals surface area contributed by atoms with Crippen LogP contribution in [-0.2, 0) is 4.79 Å². The molecule has 0 aromatic carbocycles. The van der Waals surface area contributed by atoms with Gasteiger partial charge in [-0.2, -0.15) is 0 Å². The number of nitrogens with zero attached hydrogens (tertiary/aromatic N) is 1. The van der Waals surface area contributed by atoms with Crippen LogP contribution in [0.3, 0.4) is 0 Å². The highest BCUT2D eigenvalue weighted by atomic mass is 16.4. The van der Waals surface area contributed by atoms with Gasteiger partial charge in [0.25, 0.3) is 0 Å². The van der Waals surface area contributed by atoms with Crippen molar-refractivity contribution in [1.82, 2.24) is 10.2 Å². The van der Waals surface area contributed by atoms with E-state index in [2.05, 4.69) is 5.32 Å². The monoisotopic (exact) mass is 216 g/mol. The number of hydrogen-bond acceptors (Lipinski definition) is 2. The second kappa shape index (κ2) is 5.58. The largest absolute Gasteiger partial charge is 0.480 e. The van der Waals surface area contributed by atoms with Gasteiger partial charge in [-0.15, -0.1) is 0 Å². The Hall–Kier alpha value is -1.26. The zero-order valence-electron chi connectivity index (χ0n) is 9.83. The lowest BCUT2D eigenvalue weighted by Crippen LogP contribution is -2.53. The first kappa shape index (κ1) is 13.7. The highest BCUT2D eigenvalue weighted by Gasteiger charge is 2.29. The second-order valence-corrected chi connectivity index (χ2v) is 4.14. The number of unbranched alkanes of at least 4 members (excludes halogenated alkanes) is 1. The lowest BCUT2D eigenvalue weighted by Gasteiger charge is -2.25. The van der Waals surface area contributed by atoms with E-state index in [0.717, 1.165) is 12.8 Å². The fraction of sp³-hybridized carbons (Fsp3) is 0.800. The average Bonchev–Trinajstić information content (AvgIpc) is 2.13. The number of carbonyl (C=O) groups is 2. The summed E-state index contributed by atoms with van der Waals surface area (Å²) < 4.78 is 0. The zero-order chi connectivity index (χ0) is 12.1. The Morgan fingerprint density at radius 1 is 1.40 bits per heavy atom. The van der Waals surface area contributed by atoms with Gasteiger partial charge in [0, 0.05) is 13.6 Å². The smallest absolute Gasteiger partial charge is 0.328 e. The van der Waals surface area contributed by atoms with Crippen LogP contribution in [0.15, 0.2) is 0 Å². The zero-order valence-corrected chi connectivity index (χ0v) is 9.83. The van der Waals surface area contributed by atoms with Crippen molar-refractivity contribution in [1.29, 1.82) is 0 Å². The summed E-state index contributed by atoms with van der Waals surface area (Å²) in [5.74, 6) is -1.04. The van der Waals surface area contributed by atoms with Crippen LogP contribution in [0, 0.1) is 0 Å². The normalized spacial score (nSPS) is 10.9. The first-order chi connectivity index (χ1) is 6.81. The molecule has 0 aliphatic heterocycles. The molecule has 0 fully saturated rings. The highest BCUT2D eigenvalue weighted by molar-refractivity contribution is 5.85. The maximum atomic E-state index is 11.5. The molecule has 2 amide bonds. The van der Waals surface area contributed by atoms with Crippen LogP contribution in [0.25, 0.3) is 0 Å². The third kappa shape index (κ3) is 4.67. The fourth-order valence-corrected chi connectivity index (χ4v) is 0.913. The quantitative estimate of drug-likeness (QED) is 0.727. The van der Waals surface area contributed by atoms with Crippen molar-refractivity contribution < 1.29 is 14.7 Å². The molecule has 0 saturated carbocycles. The summed E-state index contributed by atoms with van der Waals surface area (Å²) >= 11 is 0. The third-order valence-corrected chi connectivity index (χ3v) is 2.15. The van der Waals surface area contributed by atoms with Gasteiger partial charge in [0.1, 0.15) is 5.54 Å². The first-order valence-electron chi connectivity index (χ1n) is 5.08. The van der Waals surface area contributed by atoms with Gasteiger partial charge in [-0.05, 0) is 20.3 Å². The van der Waals surface area contributed by atoms with E-state index >= 15 is 0 Å². The Morgan fingerprint density at radius 2 is 1.93 bits per heavy atom. The van der Waals surface area contributed by atoms with Crippen LogP contribution in [0.2, 0.25) is 0 Å². The number of rotatable bonds is 5. The SMILES string of the molecule is CCCCN(C)C(=O)NC(C)(C)C(=O)O. The Balaban J connectivity index is 4.18. The minimum Gasteiger partial charge on any atom is -0.480 e. The number of amides is 2. The molecule has 2 N–H and O–H groups in total. The predicted octanol–water partition coefficient (Wildman–Crippen LogP) is 1.29. The molecule has 0 unspecified atom stereocenters. The molecule has 5 nitrogen and oxygen atoms in total. The topological polar surface area (TPSA) is 69.6 Å². The van der Waals surface area contributed by atoms with E-state index in [9.17, 15) is 9.59 Å². The van der Waals surface area contributed by atoms with E-state index in [4.69, 9.17) is 5.11 Å². The molecule has 0 aromatic rings. The average molecular weight is 216 g/mol. The predicted molar refractivity (Wildman–Crippen MR) is 57.8 cm³/mol. The second-order valence-electron chi connectivity index (χ2n) is 4.14. The molecule has 88 valence electrons. The van der Waals surface area contributed by atoms with E-state index in [1.54, 1.807) is 7.05 Å². The van der Waals surface area contributed by atoms with Crippen molar-refractivity contribution >= 4 is 12.0 Å².